The largest absolute Gasteiger partial charge is 0.463 e. The first-order valence-electron chi connectivity index (χ1n) is 7.67. The predicted molar refractivity (Wildman–Crippen MR) is 81.2 cm³/mol. The number of H-pyrrole nitrogens is 1. The van der Waals surface area contributed by atoms with Crippen molar-refractivity contribution in [2.45, 2.75) is 26.2 Å². The van der Waals surface area contributed by atoms with Gasteiger partial charge in [-0.3, -0.25) is 9.89 Å². The second kappa shape index (κ2) is 5.96. The molecule has 3 heterocycles. The standard InChI is InChI=1S/C16H21N3O3/c1-2-16(11-20)5-7-19(8-6-16)15(21)13-10-12(17-18-13)14-4-3-9-22-14/h3-4,9-10,20H,2,5-8,11H2,1H3,(H,17,18). The fraction of sp³-hybridized carbons (Fsp3) is 0.500. The van der Waals surface area contributed by atoms with E-state index >= 15 is 0 Å². The van der Waals surface area contributed by atoms with Crippen LogP contribution in [-0.4, -0.2) is 45.8 Å². The van der Waals surface area contributed by atoms with Gasteiger partial charge < -0.3 is 14.4 Å². The number of aromatic nitrogens is 2. The fourth-order valence-electron chi connectivity index (χ4n) is 2.96. The second-order valence-corrected chi connectivity index (χ2v) is 5.95. The van der Waals surface area contributed by atoms with Gasteiger partial charge in [-0.05, 0) is 36.8 Å². The summed E-state index contributed by atoms with van der Waals surface area (Å²) in [5, 5.41) is 16.5. The molecule has 6 nitrogen and oxygen atoms in total. The van der Waals surface area contributed by atoms with E-state index in [0.29, 0.717) is 30.2 Å². The normalized spacial score (nSPS) is 17.6. The molecule has 1 aliphatic heterocycles. The number of aromatic amines is 1. The van der Waals surface area contributed by atoms with Gasteiger partial charge in [0, 0.05) is 25.8 Å². The number of furan rings is 1. The number of likely N-dealkylation sites (tertiary alicyclic amines) is 1. The van der Waals surface area contributed by atoms with Crippen LogP contribution in [0.1, 0.15) is 36.7 Å². The van der Waals surface area contributed by atoms with E-state index in [-0.39, 0.29) is 17.9 Å². The van der Waals surface area contributed by atoms with E-state index in [2.05, 4.69) is 17.1 Å². The molecule has 0 unspecified atom stereocenters. The fourth-order valence-corrected chi connectivity index (χ4v) is 2.96. The van der Waals surface area contributed by atoms with Crippen LogP contribution in [0.5, 0.6) is 0 Å². The minimum atomic E-state index is -0.0725. The van der Waals surface area contributed by atoms with Crippen LogP contribution < -0.4 is 0 Å². The van der Waals surface area contributed by atoms with E-state index in [0.717, 1.165) is 19.3 Å². The lowest BCUT2D eigenvalue weighted by Crippen LogP contribution is -2.44. The Bertz CT molecular complexity index is 619. The van der Waals surface area contributed by atoms with Crippen molar-refractivity contribution in [2.24, 2.45) is 5.41 Å². The van der Waals surface area contributed by atoms with Gasteiger partial charge in [-0.2, -0.15) is 5.10 Å². The molecule has 2 N–H and O–H groups in total. The van der Waals surface area contributed by atoms with E-state index in [1.54, 1.807) is 18.4 Å². The highest BCUT2D eigenvalue weighted by molar-refractivity contribution is 5.93. The number of nitrogens with zero attached hydrogens (tertiary/aromatic N) is 2. The highest BCUT2D eigenvalue weighted by atomic mass is 16.3. The Labute approximate surface area is 129 Å². The summed E-state index contributed by atoms with van der Waals surface area (Å²) in [6.45, 7) is 3.61. The maximum atomic E-state index is 12.5. The van der Waals surface area contributed by atoms with Crippen LogP contribution in [-0.2, 0) is 0 Å². The van der Waals surface area contributed by atoms with Crippen LogP contribution in [0.15, 0.2) is 28.9 Å². The van der Waals surface area contributed by atoms with E-state index in [9.17, 15) is 9.90 Å². The number of aliphatic hydroxyl groups excluding tert-OH is 1. The molecule has 0 spiro atoms. The molecule has 0 aliphatic carbocycles. The molecule has 0 atom stereocenters. The number of carbonyl (C=O) groups is 1. The molecule has 0 bridgehead atoms. The summed E-state index contributed by atoms with van der Waals surface area (Å²) in [6.07, 6.45) is 4.19. The topological polar surface area (TPSA) is 82.4 Å². The van der Waals surface area contributed by atoms with Crippen LogP contribution in [0.2, 0.25) is 0 Å². The van der Waals surface area contributed by atoms with Gasteiger partial charge in [0.25, 0.3) is 5.91 Å². The van der Waals surface area contributed by atoms with Gasteiger partial charge in [0.05, 0.1) is 6.26 Å². The van der Waals surface area contributed by atoms with Crippen LogP contribution >= 0.6 is 0 Å². The average molecular weight is 303 g/mol. The Hall–Kier alpha value is -2.08. The first-order valence-corrected chi connectivity index (χ1v) is 7.67. The highest BCUT2D eigenvalue weighted by Gasteiger charge is 2.34. The summed E-state index contributed by atoms with van der Waals surface area (Å²) in [5.74, 6) is 0.590. The number of amides is 1. The third-order valence-electron chi connectivity index (χ3n) is 4.78. The number of nitrogens with one attached hydrogen (secondary N) is 1. The van der Waals surface area contributed by atoms with Crippen molar-refractivity contribution in [1.82, 2.24) is 15.1 Å². The zero-order chi connectivity index (χ0) is 15.6. The van der Waals surface area contributed by atoms with E-state index in [1.165, 1.54) is 0 Å². The maximum absolute atomic E-state index is 12.5. The first-order chi connectivity index (χ1) is 10.7. The zero-order valence-electron chi connectivity index (χ0n) is 12.7. The van der Waals surface area contributed by atoms with Gasteiger partial charge in [-0.15, -0.1) is 0 Å². The second-order valence-electron chi connectivity index (χ2n) is 5.95. The Morgan fingerprint density at radius 1 is 1.50 bits per heavy atom. The average Bonchev–Trinajstić information content (AvgIpc) is 3.25. The van der Waals surface area contributed by atoms with Crippen molar-refractivity contribution >= 4 is 5.91 Å². The molecular weight excluding hydrogens is 282 g/mol. The quantitative estimate of drug-likeness (QED) is 0.908. The minimum absolute atomic E-state index is 0.0261. The molecule has 1 amide bonds. The molecule has 2 aromatic heterocycles. The molecule has 6 heteroatoms. The van der Waals surface area contributed by atoms with Crippen molar-refractivity contribution in [3.05, 3.63) is 30.2 Å². The molecule has 0 saturated carbocycles. The Kier molecular flexibility index (Phi) is 4.02. The van der Waals surface area contributed by atoms with Gasteiger partial charge >= 0.3 is 0 Å². The highest BCUT2D eigenvalue weighted by Crippen LogP contribution is 2.34. The summed E-state index contributed by atoms with van der Waals surface area (Å²) in [4.78, 5) is 14.3. The summed E-state index contributed by atoms with van der Waals surface area (Å²) >= 11 is 0. The molecule has 2 aromatic rings. The molecule has 1 saturated heterocycles. The van der Waals surface area contributed by atoms with Crippen LogP contribution in [0, 0.1) is 5.41 Å². The van der Waals surface area contributed by atoms with Crippen molar-refractivity contribution < 1.29 is 14.3 Å². The third kappa shape index (κ3) is 2.66. The monoisotopic (exact) mass is 303 g/mol. The predicted octanol–water partition coefficient (Wildman–Crippen LogP) is 2.29. The third-order valence-corrected chi connectivity index (χ3v) is 4.78. The smallest absolute Gasteiger partial charge is 0.274 e. The summed E-state index contributed by atoms with van der Waals surface area (Å²) < 4.78 is 5.29. The number of aliphatic hydroxyl groups is 1. The zero-order valence-corrected chi connectivity index (χ0v) is 12.7. The Balaban J connectivity index is 1.68. The van der Waals surface area contributed by atoms with Gasteiger partial charge in [-0.25, -0.2) is 0 Å². The van der Waals surface area contributed by atoms with Crippen LogP contribution in [0.25, 0.3) is 11.5 Å². The molecule has 1 aliphatic rings. The summed E-state index contributed by atoms with van der Waals surface area (Å²) in [5.41, 5.74) is 1.07. The Morgan fingerprint density at radius 3 is 2.86 bits per heavy atom. The lowest BCUT2D eigenvalue weighted by atomic mass is 9.77. The molecule has 1 fully saturated rings. The first kappa shape index (κ1) is 14.8. The number of rotatable bonds is 4. The molecule has 118 valence electrons. The lowest BCUT2D eigenvalue weighted by Gasteiger charge is -2.40. The minimum Gasteiger partial charge on any atom is -0.463 e. The van der Waals surface area contributed by atoms with Crippen molar-refractivity contribution in [1.29, 1.82) is 0 Å². The van der Waals surface area contributed by atoms with Gasteiger partial charge in [0.15, 0.2) is 11.5 Å². The molecule has 0 aromatic carbocycles. The molecule has 3 rings (SSSR count). The van der Waals surface area contributed by atoms with Crippen LogP contribution in [0.3, 0.4) is 0 Å². The van der Waals surface area contributed by atoms with Crippen molar-refractivity contribution in [3.63, 3.8) is 0 Å². The van der Waals surface area contributed by atoms with E-state index in [1.807, 2.05) is 11.0 Å². The molecular formula is C16H21N3O3. The number of hydrogen-bond acceptors (Lipinski definition) is 4. The SMILES string of the molecule is CCC1(CO)CCN(C(=O)c2cc(-c3ccco3)[nH]n2)CC1. The number of carbonyl (C=O) groups excluding carboxylic acids is 1. The number of piperidine rings is 1. The Morgan fingerprint density at radius 2 is 2.27 bits per heavy atom. The molecule has 0 radical (unpaired) electrons. The van der Waals surface area contributed by atoms with Crippen molar-refractivity contribution in [3.8, 4) is 11.5 Å². The summed E-state index contributed by atoms with van der Waals surface area (Å²) in [7, 11) is 0. The molecule has 22 heavy (non-hydrogen) atoms. The van der Waals surface area contributed by atoms with Crippen molar-refractivity contribution in [2.75, 3.05) is 19.7 Å². The number of hydrogen-bond donors (Lipinski definition) is 2. The maximum Gasteiger partial charge on any atom is 0.274 e. The van der Waals surface area contributed by atoms with Crippen LogP contribution in [0.4, 0.5) is 0 Å². The summed E-state index contributed by atoms with van der Waals surface area (Å²) in [6, 6.07) is 5.33. The van der Waals surface area contributed by atoms with E-state index in [4.69, 9.17) is 4.42 Å². The van der Waals surface area contributed by atoms with E-state index < -0.39 is 0 Å². The lowest BCUT2D eigenvalue weighted by molar-refractivity contribution is 0.0334. The van der Waals surface area contributed by atoms with Gasteiger partial charge in [-0.1, -0.05) is 6.92 Å². The van der Waals surface area contributed by atoms with Gasteiger partial charge in [0.2, 0.25) is 0 Å². The van der Waals surface area contributed by atoms with Gasteiger partial charge in [0.1, 0.15) is 5.69 Å².